The molecule has 0 unspecified atom stereocenters. The average molecular weight is 380 g/mol. The fourth-order valence-corrected chi connectivity index (χ4v) is 2.69. The minimum absolute atomic E-state index is 0.193. The third-order valence-electron chi connectivity index (χ3n) is 4.09. The number of nitrogens with zero attached hydrogens (tertiary/aromatic N) is 4. The summed E-state index contributed by atoms with van der Waals surface area (Å²) in [5.41, 5.74) is 0.523. The maximum absolute atomic E-state index is 12.7. The van der Waals surface area contributed by atoms with Crippen LogP contribution in [0.2, 0.25) is 0 Å². The van der Waals surface area contributed by atoms with E-state index in [0.717, 1.165) is 0 Å². The Labute approximate surface area is 152 Å². The maximum atomic E-state index is 12.7. The van der Waals surface area contributed by atoms with Crippen molar-refractivity contribution in [2.75, 3.05) is 26.2 Å². The molecule has 0 N–H and O–H groups in total. The van der Waals surface area contributed by atoms with Crippen molar-refractivity contribution >= 4 is 11.8 Å². The molecule has 0 aliphatic carbocycles. The zero-order chi connectivity index (χ0) is 19.6. The number of alkyl halides is 3. The van der Waals surface area contributed by atoms with Crippen molar-refractivity contribution in [1.29, 1.82) is 0 Å². The highest BCUT2D eigenvalue weighted by atomic mass is 19.4. The van der Waals surface area contributed by atoms with Gasteiger partial charge in [-0.15, -0.1) is 0 Å². The molecule has 10 heteroatoms. The number of amides is 2. The molecular weight excluding hydrogens is 365 g/mol. The number of aromatic nitrogens is 2. The number of rotatable bonds is 3. The van der Waals surface area contributed by atoms with Crippen LogP contribution < -0.4 is 0 Å². The molecule has 1 aromatic carbocycles. The third kappa shape index (κ3) is 3.99. The van der Waals surface area contributed by atoms with Gasteiger partial charge in [0.15, 0.2) is 0 Å². The van der Waals surface area contributed by atoms with E-state index >= 15 is 0 Å². The Kier molecular flexibility index (Phi) is 4.98. The fourth-order valence-electron chi connectivity index (χ4n) is 2.69. The Morgan fingerprint density at radius 3 is 2.41 bits per heavy atom. The summed E-state index contributed by atoms with van der Waals surface area (Å²) in [6.07, 6.45) is -3.51. The van der Waals surface area contributed by atoms with Crippen LogP contribution in [0.3, 0.4) is 0 Å². The SMILES string of the molecule is C=CC(=O)N1CCN(C(=O)c2cccc(-c3noc(C(F)(F)F)n3)c2)CC1. The molecule has 27 heavy (non-hydrogen) atoms. The molecule has 1 aromatic heterocycles. The van der Waals surface area contributed by atoms with Gasteiger partial charge in [0, 0.05) is 37.3 Å². The standard InChI is InChI=1S/C17H15F3N4O3/c1-2-13(25)23-6-8-24(9-7-23)15(26)12-5-3-4-11(10-12)14-21-16(27-22-14)17(18,19)20/h2-5,10H,1,6-9H2. The summed E-state index contributed by atoms with van der Waals surface area (Å²) in [5, 5.41) is 3.32. The van der Waals surface area contributed by atoms with Crippen LogP contribution in [-0.2, 0) is 11.0 Å². The number of halogens is 3. The number of hydrogen-bond acceptors (Lipinski definition) is 5. The van der Waals surface area contributed by atoms with E-state index in [4.69, 9.17) is 0 Å². The number of carbonyl (C=O) groups excluding carboxylic acids is 2. The molecule has 3 rings (SSSR count). The minimum atomic E-state index is -4.73. The highest BCUT2D eigenvalue weighted by Crippen LogP contribution is 2.29. The molecule has 1 aliphatic heterocycles. The van der Waals surface area contributed by atoms with Crippen molar-refractivity contribution < 1.29 is 27.3 Å². The lowest BCUT2D eigenvalue weighted by molar-refractivity contribution is -0.159. The highest BCUT2D eigenvalue weighted by Gasteiger charge is 2.38. The van der Waals surface area contributed by atoms with Crippen molar-refractivity contribution in [3.8, 4) is 11.4 Å². The van der Waals surface area contributed by atoms with Crippen LogP contribution in [-0.4, -0.2) is 57.9 Å². The summed E-state index contributed by atoms with van der Waals surface area (Å²) in [4.78, 5) is 30.7. The van der Waals surface area contributed by atoms with Crippen molar-refractivity contribution in [2.24, 2.45) is 0 Å². The number of piperazine rings is 1. The molecule has 2 aromatic rings. The first-order chi connectivity index (χ1) is 12.8. The average Bonchev–Trinajstić information content (AvgIpc) is 3.18. The van der Waals surface area contributed by atoms with E-state index in [9.17, 15) is 22.8 Å². The van der Waals surface area contributed by atoms with Gasteiger partial charge < -0.3 is 14.3 Å². The van der Waals surface area contributed by atoms with Crippen LogP contribution in [0.25, 0.3) is 11.4 Å². The van der Waals surface area contributed by atoms with E-state index in [2.05, 4.69) is 21.2 Å². The second-order valence-electron chi connectivity index (χ2n) is 5.82. The van der Waals surface area contributed by atoms with Crippen LogP contribution >= 0.6 is 0 Å². The lowest BCUT2D eigenvalue weighted by Gasteiger charge is -2.34. The van der Waals surface area contributed by atoms with Gasteiger partial charge in [-0.25, -0.2) is 0 Å². The summed E-state index contributed by atoms with van der Waals surface area (Å²) >= 11 is 0. The summed E-state index contributed by atoms with van der Waals surface area (Å²) in [7, 11) is 0. The topological polar surface area (TPSA) is 79.5 Å². The molecule has 0 bridgehead atoms. The smallest absolute Gasteiger partial charge is 0.336 e. The fraction of sp³-hybridized carbons (Fsp3) is 0.294. The summed E-state index contributed by atoms with van der Waals surface area (Å²) in [6, 6.07) is 5.98. The second kappa shape index (κ2) is 7.22. The zero-order valence-corrected chi connectivity index (χ0v) is 14.1. The monoisotopic (exact) mass is 380 g/mol. The van der Waals surface area contributed by atoms with Gasteiger partial charge in [0.05, 0.1) is 0 Å². The number of carbonyl (C=O) groups is 2. The first-order valence-corrected chi connectivity index (χ1v) is 8.01. The van der Waals surface area contributed by atoms with E-state index in [1.807, 2.05) is 0 Å². The van der Waals surface area contributed by atoms with Crippen LogP contribution in [0.5, 0.6) is 0 Å². The van der Waals surface area contributed by atoms with Gasteiger partial charge >= 0.3 is 12.1 Å². The predicted molar refractivity (Wildman–Crippen MR) is 87.4 cm³/mol. The molecule has 0 spiro atoms. The Hall–Kier alpha value is -3.17. The van der Waals surface area contributed by atoms with Crippen LogP contribution in [0.4, 0.5) is 13.2 Å². The summed E-state index contributed by atoms with van der Waals surface area (Å²) in [5.74, 6) is -2.18. The van der Waals surface area contributed by atoms with Gasteiger partial charge in [0.1, 0.15) is 0 Å². The number of hydrogen-bond donors (Lipinski definition) is 0. The highest BCUT2D eigenvalue weighted by molar-refractivity contribution is 5.95. The second-order valence-corrected chi connectivity index (χ2v) is 5.82. The Balaban J connectivity index is 1.74. The number of benzene rings is 1. The van der Waals surface area contributed by atoms with Gasteiger partial charge in [-0.2, -0.15) is 18.2 Å². The molecule has 2 amide bonds. The summed E-state index contributed by atoms with van der Waals surface area (Å²) < 4.78 is 42.0. The van der Waals surface area contributed by atoms with Gasteiger partial charge in [0.25, 0.3) is 5.91 Å². The van der Waals surface area contributed by atoms with E-state index in [1.54, 1.807) is 15.9 Å². The van der Waals surface area contributed by atoms with Crippen LogP contribution in [0.15, 0.2) is 41.4 Å². The Bertz CT molecular complexity index is 870. The Morgan fingerprint density at radius 1 is 1.15 bits per heavy atom. The molecule has 1 fully saturated rings. The van der Waals surface area contributed by atoms with Crippen molar-refractivity contribution in [1.82, 2.24) is 19.9 Å². The molecule has 1 saturated heterocycles. The predicted octanol–water partition coefficient (Wildman–Crippen LogP) is 2.23. The van der Waals surface area contributed by atoms with E-state index in [0.29, 0.717) is 26.2 Å². The summed E-state index contributed by atoms with van der Waals surface area (Å²) in [6.45, 7) is 4.90. The lowest BCUT2D eigenvalue weighted by atomic mass is 10.1. The molecule has 1 aliphatic rings. The lowest BCUT2D eigenvalue weighted by Crippen LogP contribution is -2.50. The van der Waals surface area contributed by atoms with Crippen molar-refractivity contribution in [2.45, 2.75) is 6.18 Å². The van der Waals surface area contributed by atoms with Gasteiger partial charge in [-0.1, -0.05) is 23.9 Å². The molecule has 0 radical (unpaired) electrons. The van der Waals surface area contributed by atoms with Crippen LogP contribution in [0.1, 0.15) is 16.2 Å². The third-order valence-corrected chi connectivity index (χ3v) is 4.09. The molecule has 7 nitrogen and oxygen atoms in total. The molecule has 0 saturated carbocycles. The molecule has 2 heterocycles. The van der Waals surface area contributed by atoms with Crippen molar-refractivity contribution in [3.63, 3.8) is 0 Å². The van der Waals surface area contributed by atoms with Gasteiger partial charge in [0.2, 0.25) is 11.7 Å². The normalized spacial score (nSPS) is 14.9. The molecular formula is C17H15F3N4O3. The quantitative estimate of drug-likeness (QED) is 0.763. The zero-order valence-electron chi connectivity index (χ0n) is 14.1. The maximum Gasteiger partial charge on any atom is 0.471 e. The molecule has 0 atom stereocenters. The largest absolute Gasteiger partial charge is 0.471 e. The van der Waals surface area contributed by atoms with E-state index in [1.165, 1.54) is 24.3 Å². The van der Waals surface area contributed by atoms with Gasteiger partial charge in [-0.05, 0) is 18.2 Å². The first kappa shape index (κ1) is 18.6. The van der Waals surface area contributed by atoms with E-state index in [-0.39, 0.29) is 28.8 Å². The van der Waals surface area contributed by atoms with Crippen LogP contribution in [0, 0.1) is 0 Å². The van der Waals surface area contributed by atoms with E-state index < -0.39 is 12.1 Å². The first-order valence-electron chi connectivity index (χ1n) is 8.01. The van der Waals surface area contributed by atoms with Gasteiger partial charge in [-0.3, -0.25) is 9.59 Å². The van der Waals surface area contributed by atoms with Crippen molar-refractivity contribution in [3.05, 3.63) is 48.4 Å². The molecule has 142 valence electrons. The minimum Gasteiger partial charge on any atom is -0.336 e. The Morgan fingerprint density at radius 2 is 1.81 bits per heavy atom.